The Morgan fingerprint density at radius 2 is 2.14 bits per heavy atom. The standard InChI is InChI=1S/C14H22ClNO4S2/c1-4-20-13-7-10(2)12(15)8-14(13)22(18,19)16-11(9-17)5-6-21-3/h7-8,11,16-17H,4-6,9H2,1-3H3/t11-/m0/s1. The number of hydrogen-bond donors (Lipinski definition) is 2. The maximum absolute atomic E-state index is 12.6. The van der Waals surface area contributed by atoms with E-state index in [4.69, 9.17) is 16.3 Å². The van der Waals surface area contributed by atoms with Gasteiger partial charge in [-0.1, -0.05) is 11.6 Å². The van der Waals surface area contributed by atoms with Gasteiger partial charge in [-0.15, -0.1) is 0 Å². The molecule has 8 heteroatoms. The lowest BCUT2D eigenvalue weighted by Gasteiger charge is -2.18. The summed E-state index contributed by atoms with van der Waals surface area (Å²) >= 11 is 7.64. The van der Waals surface area contributed by atoms with Crippen molar-refractivity contribution in [2.75, 3.05) is 25.2 Å². The van der Waals surface area contributed by atoms with Crippen LogP contribution in [0.15, 0.2) is 17.0 Å². The molecular weight excluding hydrogens is 346 g/mol. The largest absolute Gasteiger partial charge is 0.492 e. The normalized spacial score (nSPS) is 13.1. The maximum atomic E-state index is 12.6. The molecule has 0 aromatic heterocycles. The lowest BCUT2D eigenvalue weighted by molar-refractivity contribution is 0.254. The van der Waals surface area contributed by atoms with Crippen molar-refractivity contribution in [3.05, 3.63) is 22.7 Å². The molecule has 0 bridgehead atoms. The molecule has 0 fully saturated rings. The summed E-state index contributed by atoms with van der Waals surface area (Å²) in [5.74, 6) is 1.01. The number of aryl methyl sites for hydroxylation is 1. The lowest BCUT2D eigenvalue weighted by Crippen LogP contribution is -2.38. The first-order valence-corrected chi connectivity index (χ1v) is 10.2. The van der Waals surface area contributed by atoms with Crippen LogP contribution in [-0.4, -0.2) is 44.8 Å². The van der Waals surface area contributed by atoms with Crippen molar-refractivity contribution in [3.63, 3.8) is 0 Å². The van der Waals surface area contributed by atoms with Gasteiger partial charge in [0, 0.05) is 11.1 Å². The smallest absolute Gasteiger partial charge is 0.244 e. The Hall–Kier alpha value is -0.470. The van der Waals surface area contributed by atoms with E-state index in [0.717, 1.165) is 11.3 Å². The van der Waals surface area contributed by atoms with E-state index in [1.165, 1.54) is 6.07 Å². The van der Waals surface area contributed by atoms with E-state index in [9.17, 15) is 13.5 Å². The number of nitrogens with one attached hydrogen (secondary N) is 1. The Morgan fingerprint density at radius 1 is 1.45 bits per heavy atom. The van der Waals surface area contributed by atoms with Crippen LogP contribution in [0.4, 0.5) is 0 Å². The highest BCUT2D eigenvalue weighted by Gasteiger charge is 2.24. The van der Waals surface area contributed by atoms with E-state index in [0.29, 0.717) is 18.1 Å². The molecular formula is C14H22ClNO4S2. The van der Waals surface area contributed by atoms with E-state index in [1.807, 2.05) is 6.26 Å². The minimum Gasteiger partial charge on any atom is -0.492 e. The third-order valence-corrected chi connectivity index (χ3v) is 5.62. The zero-order chi connectivity index (χ0) is 16.8. The quantitative estimate of drug-likeness (QED) is 0.701. The van der Waals surface area contributed by atoms with Gasteiger partial charge < -0.3 is 9.84 Å². The van der Waals surface area contributed by atoms with Crippen LogP contribution in [0, 0.1) is 6.92 Å². The summed E-state index contributed by atoms with van der Waals surface area (Å²) in [6.45, 7) is 3.65. The number of aliphatic hydroxyl groups is 1. The Labute approximate surface area is 141 Å². The molecule has 0 aliphatic heterocycles. The van der Waals surface area contributed by atoms with Gasteiger partial charge in [-0.3, -0.25) is 0 Å². The SMILES string of the molecule is CCOc1cc(C)c(Cl)cc1S(=O)(=O)N[C@H](CO)CCSC. The van der Waals surface area contributed by atoms with Gasteiger partial charge in [-0.25, -0.2) is 13.1 Å². The Bertz CT molecular complexity index is 593. The first-order valence-electron chi connectivity index (χ1n) is 6.90. The van der Waals surface area contributed by atoms with Crippen LogP contribution < -0.4 is 9.46 Å². The van der Waals surface area contributed by atoms with E-state index < -0.39 is 16.1 Å². The van der Waals surface area contributed by atoms with Crippen molar-refractivity contribution in [2.45, 2.75) is 31.2 Å². The predicted molar refractivity (Wildman–Crippen MR) is 91.6 cm³/mol. The first-order chi connectivity index (χ1) is 10.4. The average molecular weight is 368 g/mol. The number of sulfonamides is 1. The van der Waals surface area contributed by atoms with Gasteiger partial charge in [-0.2, -0.15) is 11.8 Å². The Morgan fingerprint density at radius 3 is 2.68 bits per heavy atom. The van der Waals surface area contributed by atoms with E-state index in [1.54, 1.807) is 31.7 Å². The summed E-state index contributed by atoms with van der Waals surface area (Å²) in [5.41, 5.74) is 0.741. The molecule has 5 nitrogen and oxygen atoms in total. The minimum absolute atomic E-state index is 0.00690. The number of ether oxygens (including phenoxy) is 1. The molecule has 22 heavy (non-hydrogen) atoms. The number of aliphatic hydroxyl groups excluding tert-OH is 1. The summed E-state index contributed by atoms with van der Waals surface area (Å²) in [4.78, 5) is -0.00690. The fraction of sp³-hybridized carbons (Fsp3) is 0.571. The minimum atomic E-state index is -3.82. The number of rotatable bonds is 9. The summed E-state index contributed by atoms with van der Waals surface area (Å²) < 4.78 is 33.0. The van der Waals surface area contributed by atoms with Crippen molar-refractivity contribution >= 4 is 33.4 Å². The molecule has 0 radical (unpaired) electrons. The van der Waals surface area contributed by atoms with Gasteiger partial charge in [0.1, 0.15) is 10.6 Å². The maximum Gasteiger partial charge on any atom is 0.244 e. The van der Waals surface area contributed by atoms with Crippen LogP contribution in [-0.2, 0) is 10.0 Å². The van der Waals surface area contributed by atoms with Crippen molar-refractivity contribution in [2.24, 2.45) is 0 Å². The van der Waals surface area contributed by atoms with E-state index in [2.05, 4.69) is 4.72 Å². The van der Waals surface area contributed by atoms with Crippen molar-refractivity contribution in [1.29, 1.82) is 0 Å². The molecule has 126 valence electrons. The van der Waals surface area contributed by atoms with Crippen LogP contribution in [0.5, 0.6) is 5.75 Å². The van der Waals surface area contributed by atoms with Gasteiger partial charge in [0.25, 0.3) is 0 Å². The van der Waals surface area contributed by atoms with Gasteiger partial charge in [0.05, 0.1) is 13.2 Å². The predicted octanol–water partition coefficient (Wildman–Crippen LogP) is 2.44. The van der Waals surface area contributed by atoms with Crippen molar-refractivity contribution in [3.8, 4) is 5.75 Å². The highest BCUT2D eigenvalue weighted by molar-refractivity contribution is 7.98. The molecule has 0 heterocycles. The second kappa shape index (κ2) is 8.98. The summed E-state index contributed by atoms with van der Waals surface area (Å²) in [7, 11) is -3.82. The lowest BCUT2D eigenvalue weighted by atomic mass is 10.2. The molecule has 0 spiro atoms. The van der Waals surface area contributed by atoms with Crippen LogP contribution in [0.1, 0.15) is 18.9 Å². The molecule has 1 atom stereocenters. The van der Waals surface area contributed by atoms with Crippen LogP contribution in [0.2, 0.25) is 5.02 Å². The summed E-state index contributed by atoms with van der Waals surface area (Å²) in [5, 5.41) is 9.70. The van der Waals surface area contributed by atoms with E-state index >= 15 is 0 Å². The zero-order valence-corrected chi connectivity index (χ0v) is 15.3. The Kier molecular flexibility index (Phi) is 7.99. The number of hydrogen-bond acceptors (Lipinski definition) is 5. The third-order valence-electron chi connectivity index (χ3n) is 3.03. The Balaban J connectivity index is 3.12. The molecule has 1 aromatic rings. The zero-order valence-electron chi connectivity index (χ0n) is 12.9. The molecule has 0 unspecified atom stereocenters. The molecule has 0 saturated carbocycles. The monoisotopic (exact) mass is 367 g/mol. The van der Waals surface area contributed by atoms with Crippen LogP contribution >= 0.6 is 23.4 Å². The van der Waals surface area contributed by atoms with Gasteiger partial charge >= 0.3 is 0 Å². The summed E-state index contributed by atoms with van der Waals surface area (Å²) in [6.07, 6.45) is 2.47. The number of benzene rings is 1. The fourth-order valence-electron chi connectivity index (χ4n) is 1.85. The van der Waals surface area contributed by atoms with Crippen molar-refractivity contribution in [1.82, 2.24) is 4.72 Å². The fourth-order valence-corrected chi connectivity index (χ4v) is 4.01. The highest BCUT2D eigenvalue weighted by Crippen LogP contribution is 2.30. The molecule has 0 aliphatic rings. The van der Waals surface area contributed by atoms with E-state index in [-0.39, 0.29) is 17.3 Å². The molecule has 0 amide bonds. The average Bonchev–Trinajstić information content (AvgIpc) is 2.47. The number of halogens is 1. The highest BCUT2D eigenvalue weighted by atomic mass is 35.5. The van der Waals surface area contributed by atoms with Gasteiger partial charge in [0.15, 0.2) is 0 Å². The topological polar surface area (TPSA) is 75.6 Å². The number of thioether (sulfide) groups is 1. The molecule has 1 rings (SSSR count). The van der Waals surface area contributed by atoms with Crippen LogP contribution in [0.3, 0.4) is 0 Å². The first kappa shape index (κ1) is 19.6. The second-order valence-electron chi connectivity index (χ2n) is 4.76. The molecule has 0 saturated heterocycles. The van der Waals surface area contributed by atoms with Gasteiger partial charge in [-0.05, 0) is 50.0 Å². The summed E-state index contributed by atoms with van der Waals surface area (Å²) in [6, 6.07) is 2.45. The molecule has 2 N–H and O–H groups in total. The molecule has 1 aromatic carbocycles. The van der Waals surface area contributed by atoms with Crippen molar-refractivity contribution < 1.29 is 18.3 Å². The van der Waals surface area contributed by atoms with Gasteiger partial charge in [0.2, 0.25) is 10.0 Å². The third kappa shape index (κ3) is 5.31. The second-order valence-corrected chi connectivity index (χ2v) is 7.84. The van der Waals surface area contributed by atoms with Crippen LogP contribution in [0.25, 0.3) is 0 Å². The molecule has 0 aliphatic carbocycles.